The predicted molar refractivity (Wildman–Crippen MR) is 154 cm³/mol. The maximum absolute atomic E-state index is 13.4. The van der Waals surface area contributed by atoms with Crippen LogP contribution in [0.2, 0.25) is 0 Å². The Morgan fingerprint density at radius 3 is 2.00 bits per heavy atom. The summed E-state index contributed by atoms with van der Waals surface area (Å²) < 4.78 is 95.7. The first-order valence-electron chi connectivity index (χ1n) is 12.4. The molecule has 0 unspecified atom stereocenters. The SMILES string of the molecule is Cc1ccc(NS(=O)(=O)c2ccc(NC(=O)CN(c3cccc(C(F)(F)F)c3)S(=O)(=O)c3ccccc3)cc2)cc1C. The van der Waals surface area contributed by atoms with Crippen LogP contribution in [0.5, 0.6) is 0 Å². The molecule has 0 fully saturated rings. The molecule has 4 rings (SSSR count). The van der Waals surface area contributed by atoms with Crippen molar-refractivity contribution in [1.29, 1.82) is 0 Å². The average Bonchev–Trinajstić information content (AvgIpc) is 2.94. The van der Waals surface area contributed by atoms with Gasteiger partial charge in [0, 0.05) is 11.4 Å². The van der Waals surface area contributed by atoms with Crippen LogP contribution in [0, 0.1) is 13.8 Å². The lowest BCUT2D eigenvalue weighted by Gasteiger charge is -2.25. The summed E-state index contributed by atoms with van der Waals surface area (Å²) in [7, 11) is -8.40. The molecule has 220 valence electrons. The number of carbonyl (C=O) groups is 1. The Balaban J connectivity index is 1.56. The van der Waals surface area contributed by atoms with E-state index >= 15 is 0 Å². The third-order valence-corrected chi connectivity index (χ3v) is 9.47. The molecule has 13 heteroatoms. The number of carbonyl (C=O) groups excluding carboxylic acids is 1. The summed E-state index contributed by atoms with van der Waals surface area (Å²) >= 11 is 0. The predicted octanol–water partition coefficient (Wildman–Crippen LogP) is 5.96. The molecule has 0 aliphatic heterocycles. The second kappa shape index (κ2) is 11.9. The van der Waals surface area contributed by atoms with Gasteiger partial charge in [0.25, 0.3) is 20.0 Å². The third kappa shape index (κ3) is 7.09. The van der Waals surface area contributed by atoms with Gasteiger partial charge in [0.15, 0.2) is 0 Å². The zero-order valence-corrected chi connectivity index (χ0v) is 24.0. The Hall–Kier alpha value is -4.36. The van der Waals surface area contributed by atoms with Crippen LogP contribution in [-0.2, 0) is 31.0 Å². The van der Waals surface area contributed by atoms with Crippen LogP contribution in [0.15, 0.2) is 107 Å². The minimum absolute atomic E-state index is 0.0871. The van der Waals surface area contributed by atoms with Crippen LogP contribution in [-0.4, -0.2) is 29.3 Å². The van der Waals surface area contributed by atoms with Crippen molar-refractivity contribution in [3.8, 4) is 0 Å². The van der Waals surface area contributed by atoms with E-state index in [1.54, 1.807) is 24.3 Å². The molecule has 8 nitrogen and oxygen atoms in total. The van der Waals surface area contributed by atoms with Gasteiger partial charge in [-0.3, -0.25) is 13.8 Å². The highest BCUT2D eigenvalue weighted by Gasteiger charge is 2.33. The molecule has 42 heavy (non-hydrogen) atoms. The summed E-state index contributed by atoms with van der Waals surface area (Å²) in [4.78, 5) is 12.7. The minimum atomic E-state index is -4.74. The topological polar surface area (TPSA) is 113 Å². The first-order chi connectivity index (χ1) is 19.7. The van der Waals surface area contributed by atoms with Gasteiger partial charge in [-0.1, -0.05) is 30.3 Å². The van der Waals surface area contributed by atoms with Gasteiger partial charge in [-0.15, -0.1) is 0 Å². The molecule has 0 atom stereocenters. The molecule has 2 N–H and O–H groups in total. The highest BCUT2D eigenvalue weighted by molar-refractivity contribution is 7.93. The first kappa shape index (κ1) is 30.6. The van der Waals surface area contributed by atoms with Crippen molar-refractivity contribution in [3.63, 3.8) is 0 Å². The maximum atomic E-state index is 13.4. The van der Waals surface area contributed by atoms with Crippen LogP contribution in [0.25, 0.3) is 0 Å². The summed E-state index contributed by atoms with van der Waals surface area (Å²) in [6.07, 6.45) is -4.74. The molecular weight excluding hydrogens is 591 g/mol. The molecular formula is C29H26F3N3O5S2. The van der Waals surface area contributed by atoms with E-state index in [0.717, 1.165) is 29.3 Å². The van der Waals surface area contributed by atoms with Crippen molar-refractivity contribution < 1.29 is 34.8 Å². The largest absolute Gasteiger partial charge is 0.416 e. The van der Waals surface area contributed by atoms with Crippen LogP contribution in [0.3, 0.4) is 0 Å². The molecule has 0 aliphatic carbocycles. The summed E-state index contributed by atoms with van der Waals surface area (Å²) in [5.74, 6) is -0.865. The number of halogens is 3. The van der Waals surface area contributed by atoms with E-state index in [9.17, 15) is 34.8 Å². The molecule has 0 spiro atoms. The Morgan fingerprint density at radius 1 is 0.738 bits per heavy atom. The Kier molecular flexibility index (Phi) is 8.64. The molecule has 0 radical (unpaired) electrons. The number of amides is 1. The number of nitrogens with zero attached hydrogens (tertiary/aromatic N) is 1. The van der Waals surface area contributed by atoms with E-state index in [2.05, 4.69) is 10.0 Å². The molecule has 0 aliphatic rings. The van der Waals surface area contributed by atoms with Crippen molar-refractivity contribution in [2.24, 2.45) is 0 Å². The van der Waals surface area contributed by atoms with Gasteiger partial charge in [0.05, 0.1) is 21.0 Å². The van der Waals surface area contributed by atoms with Crippen molar-refractivity contribution in [1.82, 2.24) is 0 Å². The molecule has 4 aromatic carbocycles. The zero-order chi connectivity index (χ0) is 30.7. The van der Waals surface area contributed by atoms with Crippen LogP contribution in [0.1, 0.15) is 16.7 Å². The van der Waals surface area contributed by atoms with Crippen molar-refractivity contribution in [3.05, 3.63) is 114 Å². The third-order valence-electron chi connectivity index (χ3n) is 6.29. The average molecular weight is 618 g/mol. The molecule has 0 bridgehead atoms. The number of rotatable bonds is 9. The summed E-state index contributed by atoms with van der Waals surface area (Å²) in [5, 5.41) is 2.47. The standard InChI is InChI=1S/C29H26F3N3O5S2/c1-20-11-12-24(17-21(20)2)34-41(37,38)26-15-13-23(14-16-26)33-28(36)19-35(42(39,40)27-9-4-3-5-10-27)25-8-6-7-22(18-25)29(30,31)32/h3-18,34H,19H2,1-2H3,(H,33,36). The highest BCUT2D eigenvalue weighted by Crippen LogP contribution is 2.33. The summed E-state index contributed by atoms with van der Waals surface area (Å²) in [6.45, 7) is 2.90. The van der Waals surface area contributed by atoms with Gasteiger partial charge in [-0.25, -0.2) is 16.8 Å². The van der Waals surface area contributed by atoms with Gasteiger partial charge >= 0.3 is 6.18 Å². The van der Waals surface area contributed by atoms with Gasteiger partial charge in [0.2, 0.25) is 5.91 Å². The fourth-order valence-electron chi connectivity index (χ4n) is 3.94. The summed E-state index contributed by atoms with van der Waals surface area (Å²) in [6, 6.07) is 20.9. The minimum Gasteiger partial charge on any atom is -0.325 e. The number of alkyl halides is 3. The lowest BCUT2D eigenvalue weighted by Crippen LogP contribution is -2.38. The maximum Gasteiger partial charge on any atom is 0.416 e. The number of nitrogens with one attached hydrogen (secondary N) is 2. The van der Waals surface area contributed by atoms with E-state index in [1.807, 2.05) is 13.8 Å². The molecule has 0 saturated heterocycles. The summed E-state index contributed by atoms with van der Waals surface area (Å²) in [5.41, 5.74) is 0.988. The van der Waals surface area contributed by atoms with Crippen molar-refractivity contribution >= 4 is 43.0 Å². The van der Waals surface area contributed by atoms with E-state index < -0.39 is 44.2 Å². The highest BCUT2D eigenvalue weighted by atomic mass is 32.2. The van der Waals surface area contributed by atoms with Crippen LogP contribution >= 0.6 is 0 Å². The number of sulfonamides is 2. The number of anilines is 3. The van der Waals surface area contributed by atoms with Crippen molar-refractivity contribution in [2.75, 3.05) is 20.9 Å². The van der Waals surface area contributed by atoms with Gasteiger partial charge < -0.3 is 5.32 Å². The fraction of sp³-hybridized carbons (Fsp3) is 0.138. The van der Waals surface area contributed by atoms with E-state index in [4.69, 9.17) is 0 Å². The molecule has 0 heterocycles. The number of aryl methyl sites for hydroxylation is 2. The lowest BCUT2D eigenvalue weighted by atomic mass is 10.1. The van der Waals surface area contributed by atoms with Crippen LogP contribution < -0.4 is 14.3 Å². The molecule has 4 aromatic rings. The number of hydrogen-bond donors (Lipinski definition) is 2. The second-order valence-corrected chi connectivity index (χ2v) is 12.9. The van der Waals surface area contributed by atoms with Gasteiger partial charge in [-0.05, 0) is 91.7 Å². The Labute approximate surface area is 241 Å². The zero-order valence-electron chi connectivity index (χ0n) is 22.4. The Morgan fingerprint density at radius 2 is 1.38 bits per heavy atom. The molecule has 1 amide bonds. The smallest absolute Gasteiger partial charge is 0.325 e. The normalized spacial score (nSPS) is 12.0. The Bertz CT molecular complexity index is 1810. The molecule has 0 saturated carbocycles. The van der Waals surface area contributed by atoms with E-state index in [1.165, 1.54) is 48.5 Å². The van der Waals surface area contributed by atoms with E-state index in [-0.39, 0.29) is 21.2 Å². The van der Waals surface area contributed by atoms with E-state index in [0.29, 0.717) is 16.1 Å². The fourth-order valence-corrected chi connectivity index (χ4v) is 6.42. The van der Waals surface area contributed by atoms with Gasteiger partial charge in [-0.2, -0.15) is 13.2 Å². The molecule has 0 aromatic heterocycles. The monoisotopic (exact) mass is 617 g/mol. The van der Waals surface area contributed by atoms with Crippen LogP contribution in [0.4, 0.5) is 30.2 Å². The number of benzene rings is 4. The number of hydrogen-bond acceptors (Lipinski definition) is 5. The lowest BCUT2D eigenvalue weighted by molar-refractivity contribution is -0.137. The second-order valence-electron chi connectivity index (χ2n) is 9.35. The van der Waals surface area contributed by atoms with Crippen molar-refractivity contribution in [2.45, 2.75) is 29.8 Å². The first-order valence-corrected chi connectivity index (χ1v) is 15.3. The quantitative estimate of drug-likeness (QED) is 0.241. The van der Waals surface area contributed by atoms with Gasteiger partial charge in [0.1, 0.15) is 6.54 Å².